The van der Waals surface area contributed by atoms with Crippen molar-refractivity contribution in [1.82, 2.24) is 15.1 Å². The van der Waals surface area contributed by atoms with Crippen molar-refractivity contribution < 1.29 is 4.79 Å². The van der Waals surface area contributed by atoms with Gasteiger partial charge in [0.1, 0.15) is 0 Å². The molecule has 1 aliphatic heterocycles. The molecule has 0 radical (unpaired) electrons. The summed E-state index contributed by atoms with van der Waals surface area (Å²) >= 11 is 0. The van der Waals surface area contributed by atoms with Gasteiger partial charge in [-0.3, -0.25) is 9.69 Å². The highest BCUT2D eigenvalue weighted by molar-refractivity contribution is 5.79. The predicted octanol–water partition coefficient (Wildman–Crippen LogP) is 0.256. The van der Waals surface area contributed by atoms with Crippen LogP contribution < -0.4 is 11.1 Å². The van der Waals surface area contributed by atoms with Crippen LogP contribution >= 0.6 is 0 Å². The van der Waals surface area contributed by atoms with Crippen LogP contribution in [-0.2, 0) is 4.79 Å². The Bertz CT molecular complexity index is 270. The van der Waals surface area contributed by atoms with Gasteiger partial charge >= 0.3 is 0 Å². The van der Waals surface area contributed by atoms with Crippen LogP contribution in [0.15, 0.2) is 0 Å². The highest BCUT2D eigenvalue weighted by atomic mass is 16.1. The Morgan fingerprint density at radius 1 is 1.53 bits per heavy atom. The second kappa shape index (κ2) is 8.51. The summed E-state index contributed by atoms with van der Waals surface area (Å²) in [6.07, 6.45) is 4.37. The smallest absolute Gasteiger partial charge is 0.234 e. The number of hydrogen-bond acceptors (Lipinski definition) is 4. The molecule has 1 amide bonds. The SMILES string of the molecule is CCCNC(CCN1CCCC1CN(C)C)C(N)=O. The summed E-state index contributed by atoms with van der Waals surface area (Å²) < 4.78 is 0. The Balaban J connectivity index is 2.37. The van der Waals surface area contributed by atoms with Crippen molar-refractivity contribution in [2.75, 3.05) is 40.3 Å². The number of rotatable bonds is 9. The quantitative estimate of drug-likeness (QED) is 0.631. The summed E-state index contributed by atoms with van der Waals surface area (Å²) in [7, 11) is 4.23. The second-order valence-corrected chi connectivity index (χ2v) is 5.79. The minimum Gasteiger partial charge on any atom is -0.368 e. The van der Waals surface area contributed by atoms with Crippen molar-refractivity contribution >= 4 is 5.91 Å². The number of carbonyl (C=O) groups is 1. The standard InChI is InChI=1S/C14H30N4O/c1-4-8-16-13(14(15)19)7-10-18-9-5-6-12(18)11-17(2)3/h12-13,16H,4-11H2,1-3H3,(H2,15,19). The average Bonchev–Trinajstić information content (AvgIpc) is 2.75. The van der Waals surface area contributed by atoms with Crippen molar-refractivity contribution in [3.8, 4) is 0 Å². The van der Waals surface area contributed by atoms with Crippen LogP contribution in [0.25, 0.3) is 0 Å². The summed E-state index contributed by atoms with van der Waals surface area (Å²) in [5.74, 6) is -0.225. The van der Waals surface area contributed by atoms with Crippen LogP contribution in [0.1, 0.15) is 32.6 Å². The number of nitrogens with two attached hydrogens (primary N) is 1. The molecule has 1 fully saturated rings. The van der Waals surface area contributed by atoms with Gasteiger partial charge in [-0.1, -0.05) is 6.92 Å². The average molecular weight is 270 g/mol. The lowest BCUT2D eigenvalue weighted by molar-refractivity contribution is -0.120. The molecule has 0 saturated carbocycles. The monoisotopic (exact) mass is 270 g/mol. The molecule has 1 aliphatic rings. The van der Waals surface area contributed by atoms with E-state index in [2.05, 4.69) is 36.1 Å². The van der Waals surface area contributed by atoms with Gasteiger partial charge in [0, 0.05) is 19.1 Å². The van der Waals surface area contributed by atoms with Crippen molar-refractivity contribution in [3.63, 3.8) is 0 Å². The van der Waals surface area contributed by atoms with Gasteiger partial charge in [-0.2, -0.15) is 0 Å². The van der Waals surface area contributed by atoms with Gasteiger partial charge in [0.25, 0.3) is 0 Å². The molecule has 0 aromatic carbocycles. The van der Waals surface area contributed by atoms with Gasteiger partial charge < -0.3 is 16.0 Å². The topological polar surface area (TPSA) is 61.6 Å². The first kappa shape index (κ1) is 16.4. The maximum absolute atomic E-state index is 11.4. The largest absolute Gasteiger partial charge is 0.368 e. The van der Waals surface area contributed by atoms with Gasteiger partial charge in [0.2, 0.25) is 5.91 Å². The number of hydrogen-bond donors (Lipinski definition) is 2. The van der Waals surface area contributed by atoms with E-state index in [-0.39, 0.29) is 11.9 Å². The van der Waals surface area contributed by atoms with E-state index in [9.17, 15) is 4.79 Å². The van der Waals surface area contributed by atoms with E-state index >= 15 is 0 Å². The number of amides is 1. The Morgan fingerprint density at radius 2 is 2.26 bits per heavy atom. The summed E-state index contributed by atoms with van der Waals surface area (Å²) in [5, 5.41) is 3.24. The fourth-order valence-corrected chi connectivity index (χ4v) is 2.78. The maximum atomic E-state index is 11.4. The minimum absolute atomic E-state index is 0.180. The van der Waals surface area contributed by atoms with Crippen molar-refractivity contribution in [1.29, 1.82) is 0 Å². The molecule has 2 atom stereocenters. The van der Waals surface area contributed by atoms with Gasteiger partial charge in [-0.25, -0.2) is 0 Å². The molecule has 0 bridgehead atoms. The Morgan fingerprint density at radius 3 is 2.84 bits per heavy atom. The van der Waals surface area contributed by atoms with Crippen LogP contribution in [0.5, 0.6) is 0 Å². The molecule has 1 saturated heterocycles. The molecule has 5 heteroatoms. The molecule has 112 valence electrons. The second-order valence-electron chi connectivity index (χ2n) is 5.79. The third-order valence-electron chi connectivity index (χ3n) is 3.76. The fourth-order valence-electron chi connectivity index (χ4n) is 2.78. The van der Waals surface area contributed by atoms with Crippen LogP contribution in [0, 0.1) is 0 Å². The Hall–Kier alpha value is -0.650. The summed E-state index contributed by atoms with van der Waals surface area (Å²) in [6, 6.07) is 0.454. The van der Waals surface area contributed by atoms with E-state index in [4.69, 9.17) is 5.73 Å². The number of likely N-dealkylation sites (tertiary alicyclic amines) is 1. The van der Waals surface area contributed by atoms with Gasteiger partial charge in [0.05, 0.1) is 6.04 Å². The molecule has 1 heterocycles. The molecule has 5 nitrogen and oxygen atoms in total. The summed E-state index contributed by atoms with van der Waals surface area (Å²) in [5.41, 5.74) is 5.45. The molecule has 1 rings (SSSR count). The van der Waals surface area contributed by atoms with Crippen molar-refractivity contribution in [2.24, 2.45) is 5.73 Å². The van der Waals surface area contributed by atoms with Crippen LogP contribution in [-0.4, -0.2) is 68.1 Å². The third kappa shape index (κ3) is 5.89. The predicted molar refractivity (Wildman–Crippen MR) is 79.0 cm³/mol. The van der Waals surface area contributed by atoms with E-state index in [0.29, 0.717) is 6.04 Å². The van der Waals surface area contributed by atoms with Gasteiger partial charge in [0.15, 0.2) is 0 Å². The normalized spacial score (nSPS) is 22.0. The molecule has 0 aromatic heterocycles. The lowest BCUT2D eigenvalue weighted by Gasteiger charge is -2.28. The van der Waals surface area contributed by atoms with E-state index < -0.39 is 0 Å². The molecule has 0 aromatic rings. The molecule has 0 aliphatic carbocycles. The zero-order valence-corrected chi connectivity index (χ0v) is 12.7. The van der Waals surface area contributed by atoms with E-state index in [1.165, 1.54) is 12.8 Å². The number of carbonyl (C=O) groups excluding carboxylic acids is 1. The molecule has 3 N–H and O–H groups in total. The van der Waals surface area contributed by atoms with E-state index in [1.807, 2.05) is 0 Å². The summed E-state index contributed by atoms with van der Waals surface area (Å²) in [6.45, 7) is 6.16. The van der Waals surface area contributed by atoms with E-state index in [0.717, 1.165) is 39.0 Å². The summed E-state index contributed by atoms with van der Waals surface area (Å²) in [4.78, 5) is 16.1. The number of primary amides is 1. The lowest BCUT2D eigenvalue weighted by atomic mass is 10.1. The molecular formula is C14H30N4O. The Labute approximate surface area is 117 Å². The maximum Gasteiger partial charge on any atom is 0.234 e. The highest BCUT2D eigenvalue weighted by Gasteiger charge is 2.26. The highest BCUT2D eigenvalue weighted by Crippen LogP contribution is 2.18. The van der Waals surface area contributed by atoms with E-state index in [1.54, 1.807) is 0 Å². The van der Waals surface area contributed by atoms with Crippen LogP contribution in [0.2, 0.25) is 0 Å². The van der Waals surface area contributed by atoms with Gasteiger partial charge in [-0.15, -0.1) is 0 Å². The first-order valence-corrected chi connectivity index (χ1v) is 7.46. The number of nitrogens with zero attached hydrogens (tertiary/aromatic N) is 2. The van der Waals surface area contributed by atoms with Crippen LogP contribution in [0.4, 0.5) is 0 Å². The zero-order chi connectivity index (χ0) is 14.3. The minimum atomic E-state index is -0.225. The fraction of sp³-hybridized carbons (Fsp3) is 0.929. The lowest BCUT2D eigenvalue weighted by Crippen LogP contribution is -2.45. The van der Waals surface area contributed by atoms with Gasteiger partial charge in [-0.05, 0) is 52.9 Å². The molecule has 0 spiro atoms. The molecular weight excluding hydrogens is 240 g/mol. The first-order chi connectivity index (χ1) is 9.04. The molecule has 2 unspecified atom stereocenters. The van der Waals surface area contributed by atoms with Crippen molar-refractivity contribution in [2.45, 2.75) is 44.7 Å². The van der Waals surface area contributed by atoms with Crippen molar-refractivity contribution in [3.05, 3.63) is 0 Å². The number of likely N-dealkylation sites (N-methyl/N-ethyl adjacent to an activating group) is 1. The number of nitrogens with one attached hydrogen (secondary N) is 1. The Kier molecular flexibility index (Phi) is 7.34. The first-order valence-electron chi connectivity index (χ1n) is 7.46. The third-order valence-corrected chi connectivity index (χ3v) is 3.76. The van der Waals surface area contributed by atoms with Crippen LogP contribution in [0.3, 0.4) is 0 Å². The zero-order valence-electron chi connectivity index (χ0n) is 12.7. The molecule has 19 heavy (non-hydrogen) atoms.